The van der Waals surface area contributed by atoms with E-state index in [1.165, 1.54) is 12.1 Å². The van der Waals surface area contributed by atoms with E-state index in [9.17, 15) is 13.2 Å². The third kappa shape index (κ3) is 6.17. The average Bonchev–Trinajstić information content (AvgIpc) is 2.63. The van der Waals surface area contributed by atoms with E-state index in [1.807, 2.05) is 42.3 Å². The van der Waals surface area contributed by atoms with Crippen molar-refractivity contribution in [2.75, 3.05) is 42.1 Å². The molecule has 2 aromatic carbocycles. The van der Waals surface area contributed by atoms with Gasteiger partial charge in [-0.1, -0.05) is 53.0 Å². The SMILES string of the molecule is CN(CCNC(=O)CN(c1cc(Cl)c(Cl)cc1Cl)S(C)(=O)=O)c1ccccc1. The molecule has 0 unspecified atom stereocenters. The summed E-state index contributed by atoms with van der Waals surface area (Å²) in [6.45, 7) is 0.477. The first-order chi connectivity index (χ1) is 13.1. The minimum Gasteiger partial charge on any atom is -0.373 e. The zero-order valence-corrected chi connectivity index (χ0v) is 18.4. The molecule has 0 bridgehead atoms. The van der Waals surface area contributed by atoms with E-state index in [1.54, 1.807) is 0 Å². The molecule has 0 aromatic heterocycles. The van der Waals surface area contributed by atoms with E-state index < -0.39 is 22.5 Å². The number of rotatable bonds is 8. The zero-order valence-electron chi connectivity index (χ0n) is 15.3. The molecular weight excluding hydrogens is 445 g/mol. The van der Waals surface area contributed by atoms with Crippen LogP contribution in [0.1, 0.15) is 0 Å². The van der Waals surface area contributed by atoms with Gasteiger partial charge in [-0.25, -0.2) is 8.42 Å². The van der Waals surface area contributed by atoms with Crippen LogP contribution in [0.5, 0.6) is 0 Å². The maximum atomic E-state index is 12.3. The number of nitrogens with one attached hydrogen (secondary N) is 1. The minimum absolute atomic E-state index is 0.0800. The number of carbonyl (C=O) groups excluding carboxylic acids is 1. The lowest BCUT2D eigenvalue weighted by Crippen LogP contribution is -2.42. The van der Waals surface area contributed by atoms with Crippen LogP contribution in [0.3, 0.4) is 0 Å². The van der Waals surface area contributed by atoms with E-state index in [-0.39, 0.29) is 20.8 Å². The number of carbonyl (C=O) groups is 1. The summed E-state index contributed by atoms with van der Waals surface area (Å²) in [7, 11) is -1.87. The van der Waals surface area contributed by atoms with Gasteiger partial charge in [-0.3, -0.25) is 9.10 Å². The number of amides is 1. The Morgan fingerprint density at radius 1 is 1.04 bits per heavy atom. The Bertz CT molecular complexity index is 940. The van der Waals surface area contributed by atoms with Gasteiger partial charge in [0.25, 0.3) is 0 Å². The molecule has 0 atom stereocenters. The lowest BCUT2D eigenvalue weighted by atomic mass is 10.3. The summed E-state index contributed by atoms with van der Waals surface area (Å²) in [5.74, 6) is -0.464. The zero-order chi connectivity index (χ0) is 20.9. The van der Waals surface area contributed by atoms with Gasteiger partial charge in [0.1, 0.15) is 6.54 Å². The van der Waals surface area contributed by atoms with Crippen molar-refractivity contribution in [3.05, 3.63) is 57.5 Å². The van der Waals surface area contributed by atoms with Crippen LogP contribution in [0.15, 0.2) is 42.5 Å². The van der Waals surface area contributed by atoms with Crippen LogP contribution < -0.4 is 14.5 Å². The van der Waals surface area contributed by atoms with Crippen molar-refractivity contribution in [2.45, 2.75) is 0 Å². The Morgan fingerprint density at radius 3 is 2.25 bits per heavy atom. The van der Waals surface area contributed by atoms with Gasteiger partial charge in [0.15, 0.2) is 0 Å². The number of anilines is 2. The molecule has 6 nitrogen and oxygen atoms in total. The van der Waals surface area contributed by atoms with Crippen molar-refractivity contribution in [3.63, 3.8) is 0 Å². The summed E-state index contributed by atoms with van der Waals surface area (Å²) in [4.78, 5) is 14.3. The van der Waals surface area contributed by atoms with Crippen molar-refractivity contribution in [3.8, 4) is 0 Å². The molecule has 0 saturated carbocycles. The number of halogens is 3. The molecule has 0 saturated heterocycles. The number of nitrogens with zero attached hydrogens (tertiary/aromatic N) is 2. The van der Waals surface area contributed by atoms with Crippen LogP contribution in [0.25, 0.3) is 0 Å². The molecule has 0 aliphatic heterocycles. The smallest absolute Gasteiger partial charge is 0.240 e. The van der Waals surface area contributed by atoms with Gasteiger partial charge in [0.2, 0.25) is 15.9 Å². The van der Waals surface area contributed by atoms with Crippen LogP contribution >= 0.6 is 34.8 Å². The van der Waals surface area contributed by atoms with Crippen molar-refractivity contribution in [2.24, 2.45) is 0 Å². The summed E-state index contributed by atoms with van der Waals surface area (Å²) in [5.41, 5.74) is 1.10. The maximum Gasteiger partial charge on any atom is 0.240 e. The molecule has 0 heterocycles. The predicted octanol–water partition coefficient (Wildman–Crippen LogP) is 3.67. The van der Waals surface area contributed by atoms with Crippen LogP contribution in [0, 0.1) is 0 Å². The van der Waals surface area contributed by atoms with Crippen molar-refractivity contribution in [1.29, 1.82) is 0 Å². The van der Waals surface area contributed by atoms with Crippen molar-refractivity contribution < 1.29 is 13.2 Å². The van der Waals surface area contributed by atoms with E-state index in [0.29, 0.717) is 13.1 Å². The highest BCUT2D eigenvalue weighted by Crippen LogP contribution is 2.35. The Balaban J connectivity index is 2.03. The van der Waals surface area contributed by atoms with Crippen molar-refractivity contribution in [1.82, 2.24) is 5.32 Å². The fourth-order valence-electron chi connectivity index (χ4n) is 2.45. The Hall–Kier alpha value is -1.67. The topological polar surface area (TPSA) is 69.7 Å². The summed E-state index contributed by atoms with van der Waals surface area (Å²) in [5, 5.41) is 3.12. The number of sulfonamides is 1. The van der Waals surface area contributed by atoms with Gasteiger partial charge in [-0.15, -0.1) is 0 Å². The molecule has 0 radical (unpaired) electrons. The molecular formula is C18H20Cl3N3O3S. The highest BCUT2D eigenvalue weighted by molar-refractivity contribution is 7.92. The first kappa shape index (κ1) is 22.6. The number of benzene rings is 2. The largest absolute Gasteiger partial charge is 0.373 e. The number of para-hydroxylation sites is 1. The van der Waals surface area contributed by atoms with Gasteiger partial charge < -0.3 is 10.2 Å². The second-order valence-electron chi connectivity index (χ2n) is 6.09. The van der Waals surface area contributed by atoms with Crippen LogP contribution in [0.2, 0.25) is 15.1 Å². The first-order valence-electron chi connectivity index (χ1n) is 8.24. The van der Waals surface area contributed by atoms with Gasteiger partial charge in [-0.05, 0) is 24.3 Å². The van der Waals surface area contributed by atoms with E-state index in [0.717, 1.165) is 16.2 Å². The summed E-state index contributed by atoms with van der Waals surface area (Å²) in [6.07, 6.45) is 0.988. The molecule has 152 valence electrons. The van der Waals surface area contributed by atoms with Crippen LogP contribution in [0.4, 0.5) is 11.4 Å². The molecule has 0 aliphatic rings. The van der Waals surface area contributed by atoms with Gasteiger partial charge in [-0.2, -0.15) is 0 Å². The number of likely N-dealkylation sites (N-methyl/N-ethyl adjacent to an activating group) is 1. The van der Waals surface area contributed by atoms with E-state index in [2.05, 4.69) is 5.32 Å². The summed E-state index contributed by atoms with van der Waals surface area (Å²) >= 11 is 18.0. The fraction of sp³-hybridized carbons (Fsp3) is 0.278. The van der Waals surface area contributed by atoms with Crippen LogP contribution in [-0.4, -0.2) is 47.3 Å². The monoisotopic (exact) mass is 463 g/mol. The molecule has 0 fully saturated rings. The summed E-state index contributed by atoms with van der Waals surface area (Å²) < 4.78 is 25.3. The van der Waals surface area contributed by atoms with Gasteiger partial charge in [0, 0.05) is 25.8 Å². The second-order valence-corrected chi connectivity index (χ2v) is 9.22. The lowest BCUT2D eigenvalue weighted by molar-refractivity contribution is -0.119. The molecule has 10 heteroatoms. The molecule has 1 N–H and O–H groups in total. The fourth-order valence-corrected chi connectivity index (χ4v) is 4.00. The molecule has 0 spiro atoms. The van der Waals surface area contributed by atoms with Crippen LogP contribution in [-0.2, 0) is 14.8 Å². The Kier molecular flexibility index (Phi) is 7.83. The first-order valence-corrected chi connectivity index (χ1v) is 11.2. The molecule has 2 rings (SSSR count). The van der Waals surface area contributed by atoms with Gasteiger partial charge in [0.05, 0.1) is 27.0 Å². The quantitative estimate of drug-likeness (QED) is 0.605. The third-order valence-electron chi connectivity index (χ3n) is 3.91. The average molecular weight is 465 g/mol. The molecule has 0 aliphatic carbocycles. The lowest BCUT2D eigenvalue weighted by Gasteiger charge is -2.24. The highest BCUT2D eigenvalue weighted by Gasteiger charge is 2.24. The minimum atomic E-state index is -3.77. The third-order valence-corrected chi connectivity index (χ3v) is 6.06. The number of hydrogen-bond donors (Lipinski definition) is 1. The Morgan fingerprint density at radius 2 is 1.64 bits per heavy atom. The molecule has 1 amide bonds. The normalized spacial score (nSPS) is 11.2. The summed E-state index contributed by atoms with van der Waals surface area (Å²) in [6, 6.07) is 12.4. The maximum absolute atomic E-state index is 12.3. The van der Waals surface area contributed by atoms with E-state index in [4.69, 9.17) is 34.8 Å². The Labute approximate surface area is 180 Å². The predicted molar refractivity (Wildman–Crippen MR) is 116 cm³/mol. The standard InChI is InChI=1S/C18H20Cl3N3O3S/c1-23(13-6-4-3-5-7-13)9-8-22-18(25)12-24(28(2,26)27)17-11-15(20)14(19)10-16(17)21/h3-7,10-11H,8-9,12H2,1-2H3,(H,22,25). The van der Waals surface area contributed by atoms with E-state index >= 15 is 0 Å². The second kappa shape index (κ2) is 9.69. The molecule has 28 heavy (non-hydrogen) atoms. The van der Waals surface area contributed by atoms with Gasteiger partial charge >= 0.3 is 0 Å². The van der Waals surface area contributed by atoms with Crippen molar-refractivity contribution >= 4 is 62.1 Å². The molecule has 2 aromatic rings. The number of hydrogen-bond acceptors (Lipinski definition) is 4. The highest BCUT2D eigenvalue weighted by atomic mass is 35.5.